The predicted molar refractivity (Wildman–Crippen MR) is 71.2 cm³/mol. The monoisotopic (exact) mass is 249 g/mol. The SMILES string of the molecule is c1csc(CC(NC2CC2)c2cccs2)c1. The van der Waals surface area contributed by atoms with Gasteiger partial charge in [-0.2, -0.15) is 0 Å². The lowest BCUT2D eigenvalue weighted by Crippen LogP contribution is -2.24. The molecule has 1 aliphatic carbocycles. The first-order valence-electron chi connectivity index (χ1n) is 5.73. The van der Waals surface area contributed by atoms with E-state index in [0.717, 1.165) is 12.5 Å². The smallest absolute Gasteiger partial charge is 0.0465 e. The van der Waals surface area contributed by atoms with Crippen molar-refractivity contribution in [2.45, 2.75) is 31.3 Å². The van der Waals surface area contributed by atoms with Crippen LogP contribution in [0.3, 0.4) is 0 Å². The summed E-state index contributed by atoms with van der Waals surface area (Å²) in [7, 11) is 0. The Morgan fingerprint density at radius 1 is 1.19 bits per heavy atom. The van der Waals surface area contributed by atoms with Crippen molar-refractivity contribution < 1.29 is 0 Å². The first-order valence-corrected chi connectivity index (χ1v) is 7.49. The molecule has 1 fully saturated rings. The van der Waals surface area contributed by atoms with E-state index in [1.165, 1.54) is 22.6 Å². The standard InChI is InChI=1S/C13H15NS2/c1-3-11(15-7-1)9-12(14-10-5-6-10)13-4-2-8-16-13/h1-4,7-8,10,12,14H,5-6,9H2. The van der Waals surface area contributed by atoms with E-state index in [0.29, 0.717) is 6.04 Å². The minimum Gasteiger partial charge on any atom is -0.306 e. The van der Waals surface area contributed by atoms with Gasteiger partial charge in [0.15, 0.2) is 0 Å². The van der Waals surface area contributed by atoms with Gasteiger partial charge in [-0.25, -0.2) is 0 Å². The molecule has 2 heterocycles. The Morgan fingerprint density at radius 3 is 2.62 bits per heavy atom. The molecule has 1 saturated carbocycles. The zero-order valence-electron chi connectivity index (χ0n) is 9.06. The Morgan fingerprint density at radius 2 is 2.00 bits per heavy atom. The molecule has 1 nitrogen and oxygen atoms in total. The lowest BCUT2D eigenvalue weighted by Gasteiger charge is -2.16. The van der Waals surface area contributed by atoms with Crippen molar-refractivity contribution in [3.05, 3.63) is 44.8 Å². The Labute approximate surface area is 104 Å². The van der Waals surface area contributed by atoms with Crippen molar-refractivity contribution in [1.82, 2.24) is 5.32 Å². The molecule has 16 heavy (non-hydrogen) atoms. The highest BCUT2D eigenvalue weighted by molar-refractivity contribution is 7.10. The second-order valence-electron chi connectivity index (χ2n) is 4.29. The molecule has 2 aromatic rings. The Hall–Kier alpha value is -0.640. The summed E-state index contributed by atoms with van der Waals surface area (Å²) in [4.78, 5) is 2.95. The number of hydrogen-bond acceptors (Lipinski definition) is 3. The van der Waals surface area contributed by atoms with Gasteiger partial charge in [0.1, 0.15) is 0 Å². The fourth-order valence-electron chi connectivity index (χ4n) is 1.90. The highest BCUT2D eigenvalue weighted by Gasteiger charge is 2.25. The first kappa shape index (κ1) is 10.5. The Balaban J connectivity index is 1.73. The fourth-order valence-corrected chi connectivity index (χ4v) is 3.43. The molecule has 3 heteroatoms. The van der Waals surface area contributed by atoms with Crippen LogP contribution in [0.25, 0.3) is 0 Å². The molecule has 1 unspecified atom stereocenters. The average molecular weight is 249 g/mol. The summed E-state index contributed by atoms with van der Waals surface area (Å²) >= 11 is 3.73. The maximum atomic E-state index is 3.75. The molecule has 0 spiro atoms. The normalized spacial score (nSPS) is 17.5. The van der Waals surface area contributed by atoms with Crippen molar-refractivity contribution >= 4 is 22.7 Å². The quantitative estimate of drug-likeness (QED) is 0.849. The number of thiophene rings is 2. The molecule has 1 N–H and O–H groups in total. The van der Waals surface area contributed by atoms with Crippen LogP contribution < -0.4 is 5.32 Å². The van der Waals surface area contributed by atoms with Crippen LogP contribution in [-0.2, 0) is 6.42 Å². The van der Waals surface area contributed by atoms with Crippen LogP contribution in [-0.4, -0.2) is 6.04 Å². The van der Waals surface area contributed by atoms with E-state index >= 15 is 0 Å². The summed E-state index contributed by atoms with van der Waals surface area (Å²) in [6, 6.07) is 10.1. The summed E-state index contributed by atoms with van der Waals surface area (Å²) in [5.41, 5.74) is 0. The third kappa shape index (κ3) is 2.54. The fraction of sp³-hybridized carbons (Fsp3) is 0.385. The molecule has 1 aliphatic rings. The van der Waals surface area contributed by atoms with Crippen molar-refractivity contribution in [2.75, 3.05) is 0 Å². The van der Waals surface area contributed by atoms with Crippen molar-refractivity contribution in [2.24, 2.45) is 0 Å². The van der Waals surface area contributed by atoms with Gasteiger partial charge in [0, 0.05) is 28.3 Å². The molecule has 0 radical (unpaired) electrons. The molecular formula is C13H15NS2. The zero-order chi connectivity index (χ0) is 10.8. The maximum absolute atomic E-state index is 3.75. The minimum atomic E-state index is 0.520. The Kier molecular flexibility index (Phi) is 3.09. The van der Waals surface area contributed by atoms with E-state index in [4.69, 9.17) is 0 Å². The number of rotatable bonds is 5. The van der Waals surface area contributed by atoms with Crippen molar-refractivity contribution in [3.63, 3.8) is 0 Å². The highest BCUT2D eigenvalue weighted by Crippen LogP contribution is 2.29. The third-order valence-electron chi connectivity index (χ3n) is 2.89. The van der Waals surface area contributed by atoms with E-state index in [1.54, 1.807) is 0 Å². The highest BCUT2D eigenvalue weighted by atomic mass is 32.1. The van der Waals surface area contributed by atoms with Crippen LogP contribution in [0.1, 0.15) is 28.6 Å². The summed E-state index contributed by atoms with van der Waals surface area (Å²) in [5, 5.41) is 8.09. The molecule has 0 aliphatic heterocycles. The second-order valence-corrected chi connectivity index (χ2v) is 6.30. The molecule has 2 aromatic heterocycles. The molecule has 0 amide bonds. The van der Waals surface area contributed by atoms with Crippen molar-refractivity contribution in [3.8, 4) is 0 Å². The summed E-state index contributed by atoms with van der Waals surface area (Å²) in [6.07, 6.45) is 3.84. The van der Waals surface area contributed by atoms with Crippen LogP contribution in [0.15, 0.2) is 35.0 Å². The van der Waals surface area contributed by atoms with Crippen molar-refractivity contribution in [1.29, 1.82) is 0 Å². The molecule has 0 saturated heterocycles. The van der Waals surface area contributed by atoms with E-state index in [2.05, 4.69) is 40.3 Å². The molecule has 84 valence electrons. The van der Waals surface area contributed by atoms with Gasteiger partial charge >= 0.3 is 0 Å². The summed E-state index contributed by atoms with van der Waals surface area (Å²) < 4.78 is 0. The Bertz CT molecular complexity index is 415. The van der Waals surface area contributed by atoms with Crippen LogP contribution in [0.4, 0.5) is 0 Å². The van der Waals surface area contributed by atoms with E-state index < -0.39 is 0 Å². The van der Waals surface area contributed by atoms with Gasteiger partial charge < -0.3 is 5.32 Å². The van der Waals surface area contributed by atoms with Gasteiger partial charge in [-0.3, -0.25) is 0 Å². The van der Waals surface area contributed by atoms with Gasteiger partial charge in [0.2, 0.25) is 0 Å². The summed E-state index contributed by atoms with van der Waals surface area (Å²) in [6.45, 7) is 0. The zero-order valence-corrected chi connectivity index (χ0v) is 10.7. The van der Waals surface area contributed by atoms with Crippen LogP contribution in [0, 0.1) is 0 Å². The molecule has 0 bridgehead atoms. The first-order chi connectivity index (χ1) is 7.92. The topological polar surface area (TPSA) is 12.0 Å². The lowest BCUT2D eigenvalue weighted by atomic mass is 10.1. The van der Waals surface area contributed by atoms with Gasteiger partial charge in [0.05, 0.1) is 0 Å². The molecular weight excluding hydrogens is 234 g/mol. The van der Waals surface area contributed by atoms with Gasteiger partial charge in [-0.15, -0.1) is 22.7 Å². The van der Waals surface area contributed by atoms with Crippen LogP contribution in [0.2, 0.25) is 0 Å². The van der Waals surface area contributed by atoms with Gasteiger partial charge in [-0.05, 0) is 35.7 Å². The van der Waals surface area contributed by atoms with E-state index in [-0.39, 0.29) is 0 Å². The number of hydrogen-bond donors (Lipinski definition) is 1. The minimum absolute atomic E-state index is 0.520. The van der Waals surface area contributed by atoms with E-state index in [1.807, 2.05) is 22.7 Å². The predicted octanol–water partition coefficient (Wildman–Crippen LogP) is 3.85. The second kappa shape index (κ2) is 4.70. The largest absolute Gasteiger partial charge is 0.306 e. The van der Waals surface area contributed by atoms with Crippen LogP contribution >= 0.6 is 22.7 Å². The molecule has 3 rings (SSSR count). The number of nitrogens with one attached hydrogen (secondary N) is 1. The van der Waals surface area contributed by atoms with Gasteiger partial charge in [0.25, 0.3) is 0 Å². The average Bonchev–Trinajstić information content (AvgIpc) is 2.82. The maximum Gasteiger partial charge on any atom is 0.0465 e. The third-order valence-corrected chi connectivity index (χ3v) is 4.77. The van der Waals surface area contributed by atoms with Crippen LogP contribution in [0.5, 0.6) is 0 Å². The summed E-state index contributed by atoms with van der Waals surface area (Å²) in [5.74, 6) is 0. The van der Waals surface area contributed by atoms with E-state index in [9.17, 15) is 0 Å². The molecule has 1 atom stereocenters. The molecule has 0 aromatic carbocycles. The van der Waals surface area contributed by atoms with Gasteiger partial charge in [-0.1, -0.05) is 12.1 Å². The lowest BCUT2D eigenvalue weighted by molar-refractivity contribution is 0.538.